The van der Waals surface area contributed by atoms with Gasteiger partial charge in [0.05, 0.1) is 16.6 Å². The molecule has 0 fully saturated rings. The first-order valence-corrected chi connectivity index (χ1v) is 6.05. The Balaban J connectivity index is 2.74. The average molecular weight is 267 g/mol. The van der Waals surface area contributed by atoms with E-state index in [4.69, 9.17) is 0 Å². The highest BCUT2D eigenvalue weighted by molar-refractivity contribution is 7.85. The van der Waals surface area contributed by atoms with Crippen molar-refractivity contribution in [2.24, 2.45) is 0 Å². The lowest BCUT2D eigenvalue weighted by Gasteiger charge is -2.06. The monoisotopic (exact) mass is 266 g/mol. The van der Waals surface area contributed by atoms with E-state index in [0.717, 1.165) is 5.56 Å². The molecule has 1 rings (SSSR count). The number of alkyl halides is 3. The van der Waals surface area contributed by atoms with Crippen molar-refractivity contribution in [1.82, 2.24) is 0 Å². The Hall–Kier alpha value is -0.810. The van der Waals surface area contributed by atoms with Gasteiger partial charge in [-0.25, -0.2) is 0 Å². The molecule has 1 unspecified atom stereocenters. The second-order valence-corrected chi connectivity index (χ2v) is 5.15. The fourth-order valence-corrected chi connectivity index (χ4v) is 2.15. The van der Waals surface area contributed by atoms with Gasteiger partial charge < -0.3 is 0 Å². The Kier molecular flexibility index (Phi) is 4.15. The summed E-state index contributed by atoms with van der Waals surface area (Å²) in [5, 5.41) is -3.94. The predicted molar refractivity (Wildman–Crippen MR) is 58.3 cm³/mol. The van der Waals surface area contributed by atoms with Gasteiger partial charge in [0.25, 0.3) is 0 Å². The molecule has 16 heavy (non-hydrogen) atoms. The van der Waals surface area contributed by atoms with Crippen LogP contribution in [-0.2, 0) is 15.6 Å². The van der Waals surface area contributed by atoms with Crippen molar-refractivity contribution in [1.29, 1.82) is 0 Å². The minimum atomic E-state index is -3.94. The Morgan fingerprint density at radius 2 is 1.88 bits per heavy atom. The topological polar surface area (TPSA) is 34.1 Å². The molecule has 0 spiro atoms. The van der Waals surface area contributed by atoms with Gasteiger partial charge in [-0.2, -0.15) is 8.78 Å². The normalized spacial score (nSPS) is 13.5. The number of benzene rings is 1. The number of Topliss-reactive ketones (excluding diaryl/α,β-unsaturated/α-hetero) is 1. The molecule has 1 aromatic carbocycles. The van der Waals surface area contributed by atoms with E-state index in [-0.39, 0.29) is 0 Å². The van der Waals surface area contributed by atoms with Gasteiger partial charge in [0, 0.05) is 4.90 Å². The number of ketones is 1. The second-order valence-electron chi connectivity index (χ2n) is 3.22. The van der Waals surface area contributed by atoms with Gasteiger partial charge in [-0.15, -0.1) is 0 Å². The molecule has 0 saturated carbocycles. The van der Waals surface area contributed by atoms with Crippen molar-refractivity contribution < 1.29 is 17.8 Å². The SMILES string of the molecule is Cc1ccc(S(=O)CC(=O)C(F)(F)Cl)cc1. The van der Waals surface area contributed by atoms with Gasteiger partial charge in [-0.1, -0.05) is 17.7 Å². The molecule has 0 aliphatic rings. The first kappa shape index (κ1) is 13.3. The smallest absolute Gasteiger partial charge is 0.290 e. The van der Waals surface area contributed by atoms with E-state index < -0.39 is 27.7 Å². The lowest BCUT2D eigenvalue weighted by molar-refractivity contribution is -0.130. The van der Waals surface area contributed by atoms with Gasteiger partial charge in [-0.3, -0.25) is 9.00 Å². The highest BCUT2D eigenvalue weighted by atomic mass is 35.5. The molecule has 2 nitrogen and oxygen atoms in total. The molecule has 0 bridgehead atoms. The second kappa shape index (κ2) is 5.01. The summed E-state index contributed by atoms with van der Waals surface area (Å²) in [5.74, 6) is -2.31. The Labute approximate surface area is 99.1 Å². The summed E-state index contributed by atoms with van der Waals surface area (Å²) in [6.45, 7) is 1.84. The zero-order valence-electron chi connectivity index (χ0n) is 8.38. The standard InChI is InChI=1S/C10H9ClF2O2S/c1-7-2-4-8(5-3-7)16(15)6-9(14)10(11,12)13/h2-5H,6H2,1H3. The lowest BCUT2D eigenvalue weighted by atomic mass is 10.2. The largest absolute Gasteiger partial charge is 0.381 e. The highest BCUT2D eigenvalue weighted by Crippen LogP contribution is 2.21. The molecule has 0 saturated heterocycles. The molecule has 0 heterocycles. The van der Waals surface area contributed by atoms with Crippen molar-refractivity contribution >= 4 is 28.2 Å². The summed E-state index contributed by atoms with van der Waals surface area (Å²) >= 11 is 4.52. The Bertz CT molecular complexity index is 412. The Morgan fingerprint density at radius 1 is 1.38 bits per heavy atom. The summed E-state index contributed by atoms with van der Waals surface area (Å²) < 4.78 is 36.2. The van der Waals surface area contributed by atoms with Gasteiger partial charge in [-0.05, 0) is 30.7 Å². The molecule has 0 aromatic heterocycles. The van der Waals surface area contributed by atoms with Crippen LogP contribution in [0.4, 0.5) is 8.78 Å². The van der Waals surface area contributed by atoms with E-state index in [2.05, 4.69) is 11.6 Å². The first-order chi connectivity index (χ1) is 7.30. The van der Waals surface area contributed by atoms with E-state index in [1.807, 2.05) is 6.92 Å². The van der Waals surface area contributed by atoms with Gasteiger partial charge in [0.1, 0.15) is 0 Å². The van der Waals surface area contributed by atoms with Gasteiger partial charge >= 0.3 is 5.38 Å². The molecule has 6 heteroatoms. The van der Waals surface area contributed by atoms with E-state index in [1.165, 1.54) is 12.1 Å². The van der Waals surface area contributed by atoms with E-state index in [9.17, 15) is 17.8 Å². The predicted octanol–water partition coefficient (Wildman–Crippen LogP) is 2.50. The minimum Gasteiger partial charge on any atom is -0.290 e. The van der Waals surface area contributed by atoms with Crippen molar-refractivity contribution in [3.63, 3.8) is 0 Å². The number of carbonyl (C=O) groups excluding carboxylic acids is 1. The maximum Gasteiger partial charge on any atom is 0.381 e. The van der Waals surface area contributed by atoms with Gasteiger partial charge in [0.15, 0.2) is 0 Å². The van der Waals surface area contributed by atoms with Gasteiger partial charge in [0.2, 0.25) is 5.78 Å². The molecule has 1 aromatic rings. The summed E-state index contributed by atoms with van der Waals surface area (Å²) in [5.41, 5.74) is 0.953. The number of hydrogen-bond donors (Lipinski definition) is 0. The fourth-order valence-electron chi connectivity index (χ4n) is 0.974. The van der Waals surface area contributed by atoms with Crippen LogP contribution in [0, 0.1) is 6.92 Å². The third-order valence-corrected chi connectivity index (χ3v) is 3.40. The summed E-state index contributed by atoms with van der Waals surface area (Å²) in [7, 11) is -1.78. The number of carbonyl (C=O) groups is 1. The van der Waals surface area contributed by atoms with Crippen LogP contribution in [0.3, 0.4) is 0 Å². The van der Waals surface area contributed by atoms with Crippen molar-refractivity contribution in [3.8, 4) is 0 Å². The molecule has 0 amide bonds. The van der Waals surface area contributed by atoms with Crippen LogP contribution in [0.5, 0.6) is 0 Å². The Morgan fingerprint density at radius 3 is 2.31 bits per heavy atom. The number of halogens is 3. The van der Waals surface area contributed by atoms with Crippen molar-refractivity contribution in [2.75, 3.05) is 5.75 Å². The number of aryl methyl sites for hydroxylation is 1. The molecule has 0 aliphatic heterocycles. The van der Waals surface area contributed by atoms with Crippen LogP contribution < -0.4 is 0 Å². The van der Waals surface area contributed by atoms with Crippen LogP contribution in [0.25, 0.3) is 0 Å². The van der Waals surface area contributed by atoms with Crippen LogP contribution >= 0.6 is 11.6 Å². The molecule has 0 aliphatic carbocycles. The maximum absolute atomic E-state index is 12.3. The van der Waals surface area contributed by atoms with Crippen LogP contribution in [0.15, 0.2) is 29.2 Å². The molecule has 0 N–H and O–H groups in total. The average Bonchev–Trinajstić information content (AvgIpc) is 2.17. The molecule has 0 radical (unpaired) electrons. The van der Waals surface area contributed by atoms with Crippen molar-refractivity contribution in [3.05, 3.63) is 29.8 Å². The van der Waals surface area contributed by atoms with Crippen molar-refractivity contribution in [2.45, 2.75) is 17.2 Å². The quantitative estimate of drug-likeness (QED) is 0.785. The highest BCUT2D eigenvalue weighted by Gasteiger charge is 2.36. The molecule has 88 valence electrons. The minimum absolute atomic E-state index is 0.333. The lowest BCUT2D eigenvalue weighted by Crippen LogP contribution is -2.26. The third-order valence-electron chi connectivity index (χ3n) is 1.86. The summed E-state index contributed by atoms with van der Waals surface area (Å²) in [6, 6.07) is 6.45. The molecule has 1 atom stereocenters. The summed E-state index contributed by atoms with van der Waals surface area (Å²) in [6.07, 6.45) is 0. The first-order valence-electron chi connectivity index (χ1n) is 4.36. The van der Waals surface area contributed by atoms with Crippen LogP contribution in [0.2, 0.25) is 0 Å². The van der Waals surface area contributed by atoms with E-state index in [0.29, 0.717) is 4.90 Å². The van der Waals surface area contributed by atoms with E-state index in [1.54, 1.807) is 12.1 Å². The zero-order chi connectivity index (χ0) is 12.3. The zero-order valence-corrected chi connectivity index (χ0v) is 9.95. The molecular formula is C10H9ClF2O2S. The van der Waals surface area contributed by atoms with Crippen LogP contribution in [0.1, 0.15) is 5.56 Å². The van der Waals surface area contributed by atoms with E-state index >= 15 is 0 Å². The molecular weight excluding hydrogens is 258 g/mol. The third kappa shape index (κ3) is 3.64. The van der Waals surface area contributed by atoms with Crippen LogP contribution in [-0.4, -0.2) is 21.1 Å². The maximum atomic E-state index is 12.3. The fraction of sp³-hybridized carbons (Fsp3) is 0.300. The number of hydrogen-bond acceptors (Lipinski definition) is 2. The number of rotatable bonds is 4. The summed E-state index contributed by atoms with van der Waals surface area (Å²) in [4.78, 5) is 11.2.